The van der Waals surface area contributed by atoms with Gasteiger partial charge >= 0.3 is 0 Å². The van der Waals surface area contributed by atoms with Crippen molar-refractivity contribution in [1.29, 1.82) is 0 Å². The second kappa shape index (κ2) is 9.72. The fourth-order valence-corrected chi connectivity index (χ4v) is 5.72. The van der Waals surface area contributed by atoms with Crippen molar-refractivity contribution in [1.82, 2.24) is 10.2 Å². The summed E-state index contributed by atoms with van der Waals surface area (Å²) in [4.78, 5) is 42.4. The number of aryl methyl sites for hydroxylation is 1. The van der Waals surface area contributed by atoms with E-state index in [0.717, 1.165) is 34.4 Å². The monoisotopic (exact) mass is 519 g/mol. The minimum absolute atomic E-state index is 0.00796. The number of methoxy groups -OCH3 is 1. The first kappa shape index (κ1) is 22.9. The third-order valence-corrected chi connectivity index (χ3v) is 7.63. The van der Waals surface area contributed by atoms with E-state index in [1.165, 1.54) is 11.3 Å². The van der Waals surface area contributed by atoms with Crippen molar-refractivity contribution in [2.24, 2.45) is 0 Å². The summed E-state index contributed by atoms with van der Waals surface area (Å²) in [6.07, 6.45) is 2.19. The van der Waals surface area contributed by atoms with Crippen molar-refractivity contribution >= 4 is 50.7 Å². The highest BCUT2D eigenvalue weighted by atomic mass is 79.9. The first-order valence-corrected chi connectivity index (χ1v) is 12.3. The molecular weight excluding hydrogens is 494 g/mol. The van der Waals surface area contributed by atoms with Crippen LogP contribution in [-0.4, -0.2) is 61.5 Å². The minimum Gasteiger partial charge on any atom is -0.383 e. The fourth-order valence-electron chi connectivity index (χ4n) is 4.43. The summed E-state index contributed by atoms with van der Waals surface area (Å²) in [5.74, 6) is -0.205. The lowest BCUT2D eigenvalue weighted by Gasteiger charge is -2.25. The second-order valence-electron chi connectivity index (χ2n) is 8.23. The summed E-state index contributed by atoms with van der Waals surface area (Å²) in [7, 11) is 1.66. The maximum absolute atomic E-state index is 13.1. The van der Waals surface area contributed by atoms with Gasteiger partial charge in [0.05, 0.1) is 27.4 Å². The van der Waals surface area contributed by atoms with Crippen molar-refractivity contribution in [2.45, 2.75) is 38.3 Å². The smallest absolute Gasteiger partial charge is 0.261 e. The number of nitrogens with zero attached hydrogens (tertiary/aromatic N) is 2. The van der Waals surface area contributed by atoms with Crippen molar-refractivity contribution in [3.8, 4) is 0 Å². The summed E-state index contributed by atoms with van der Waals surface area (Å²) >= 11 is 4.72. The van der Waals surface area contributed by atoms with Crippen LogP contribution in [0.5, 0.6) is 0 Å². The topological polar surface area (TPSA) is 79.0 Å². The molecule has 32 heavy (non-hydrogen) atoms. The van der Waals surface area contributed by atoms with Crippen LogP contribution in [0.2, 0.25) is 0 Å². The number of carbonyl (C=O) groups is 3. The Balaban J connectivity index is 1.44. The molecule has 2 saturated heterocycles. The predicted molar refractivity (Wildman–Crippen MR) is 127 cm³/mol. The molecule has 0 aliphatic carbocycles. The molecule has 0 spiro atoms. The van der Waals surface area contributed by atoms with Crippen LogP contribution in [0.3, 0.4) is 0 Å². The number of hydrogen-bond acceptors (Lipinski definition) is 5. The van der Waals surface area contributed by atoms with Crippen LogP contribution in [0.1, 0.15) is 44.9 Å². The van der Waals surface area contributed by atoms with Gasteiger partial charge in [-0.05, 0) is 71.6 Å². The average Bonchev–Trinajstić information content (AvgIpc) is 3.48. The van der Waals surface area contributed by atoms with Crippen LogP contribution >= 0.6 is 27.3 Å². The Kier molecular flexibility index (Phi) is 6.97. The summed E-state index contributed by atoms with van der Waals surface area (Å²) in [5.41, 5.74) is 2.23. The van der Waals surface area contributed by atoms with Gasteiger partial charge in [0.1, 0.15) is 0 Å². The van der Waals surface area contributed by atoms with E-state index in [4.69, 9.17) is 4.74 Å². The highest BCUT2D eigenvalue weighted by molar-refractivity contribution is 9.11. The Morgan fingerprint density at radius 3 is 2.78 bits per heavy atom. The SMILES string of the molecule is COC[C@@H]1CCCN1C(=O)c1ccc(N2CC(NC(=O)c3ccc(Br)s3)CC2=O)cc1C. The summed E-state index contributed by atoms with van der Waals surface area (Å²) in [6.45, 7) is 3.58. The van der Waals surface area contributed by atoms with E-state index < -0.39 is 0 Å². The fraction of sp³-hybridized carbons (Fsp3) is 0.435. The average molecular weight is 520 g/mol. The Bertz CT molecular complexity index is 1040. The van der Waals surface area contributed by atoms with Gasteiger partial charge in [0.2, 0.25) is 5.91 Å². The molecule has 2 aliphatic rings. The Morgan fingerprint density at radius 1 is 1.28 bits per heavy atom. The van der Waals surface area contributed by atoms with Crippen LogP contribution in [0.25, 0.3) is 0 Å². The molecule has 1 aromatic carbocycles. The molecule has 0 bridgehead atoms. The van der Waals surface area contributed by atoms with E-state index in [2.05, 4.69) is 21.2 Å². The van der Waals surface area contributed by atoms with Crippen LogP contribution < -0.4 is 10.2 Å². The third-order valence-electron chi connectivity index (χ3n) is 6.01. The molecule has 3 amide bonds. The zero-order valence-electron chi connectivity index (χ0n) is 18.1. The van der Waals surface area contributed by atoms with Gasteiger partial charge in [-0.15, -0.1) is 11.3 Å². The lowest BCUT2D eigenvalue weighted by molar-refractivity contribution is -0.117. The van der Waals surface area contributed by atoms with Crippen molar-refractivity contribution in [3.63, 3.8) is 0 Å². The maximum Gasteiger partial charge on any atom is 0.261 e. The standard InChI is InChI=1S/C23H26BrN3O4S/c1-14-10-16(5-6-18(14)23(30)26-9-3-4-17(26)13-31-2)27-12-15(11-21(27)28)25-22(29)19-7-8-20(24)32-19/h5-8,10,15,17H,3-4,9,11-13H2,1-2H3,(H,25,29)/t15?,17-/m0/s1. The number of likely N-dealkylation sites (tertiary alicyclic amines) is 1. The van der Waals surface area contributed by atoms with E-state index in [1.807, 2.05) is 30.0 Å². The largest absolute Gasteiger partial charge is 0.383 e. The van der Waals surface area contributed by atoms with E-state index >= 15 is 0 Å². The van der Waals surface area contributed by atoms with Gasteiger partial charge in [0, 0.05) is 37.9 Å². The number of halogens is 1. The molecule has 1 N–H and O–H groups in total. The number of amides is 3. The van der Waals surface area contributed by atoms with Gasteiger partial charge in [-0.1, -0.05) is 0 Å². The molecule has 2 fully saturated rings. The quantitative estimate of drug-likeness (QED) is 0.632. The van der Waals surface area contributed by atoms with Crippen LogP contribution in [0.15, 0.2) is 34.1 Å². The van der Waals surface area contributed by atoms with Gasteiger partial charge in [-0.2, -0.15) is 0 Å². The summed E-state index contributed by atoms with van der Waals surface area (Å²) in [6, 6.07) is 8.95. The number of anilines is 1. The normalized spacial score (nSPS) is 20.8. The van der Waals surface area contributed by atoms with E-state index in [9.17, 15) is 14.4 Å². The Hall–Kier alpha value is -2.23. The van der Waals surface area contributed by atoms with E-state index in [1.54, 1.807) is 24.1 Å². The number of benzene rings is 1. The molecule has 1 unspecified atom stereocenters. The molecule has 3 heterocycles. The van der Waals surface area contributed by atoms with Gasteiger partial charge in [-0.3, -0.25) is 14.4 Å². The Labute approximate surface area is 199 Å². The molecule has 1 aromatic heterocycles. The summed E-state index contributed by atoms with van der Waals surface area (Å²) in [5, 5.41) is 2.95. The summed E-state index contributed by atoms with van der Waals surface area (Å²) < 4.78 is 6.16. The molecule has 170 valence electrons. The van der Waals surface area contributed by atoms with Crippen molar-refractivity contribution in [2.75, 3.05) is 31.7 Å². The van der Waals surface area contributed by atoms with Crippen LogP contribution in [0, 0.1) is 6.92 Å². The van der Waals surface area contributed by atoms with E-state index in [0.29, 0.717) is 23.6 Å². The zero-order valence-corrected chi connectivity index (χ0v) is 20.5. The first-order valence-electron chi connectivity index (χ1n) is 10.6. The number of ether oxygens (including phenoxy) is 1. The molecule has 0 saturated carbocycles. The van der Waals surface area contributed by atoms with Crippen molar-refractivity contribution in [3.05, 3.63) is 50.1 Å². The third kappa shape index (κ3) is 4.74. The van der Waals surface area contributed by atoms with Crippen molar-refractivity contribution < 1.29 is 19.1 Å². The van der Waals surface area contributed by atoms with Crippen LogP contribution in [0.4, 0.5) is 5.69 Å². The number of hydrogen-bond donors (Lipinski definition) is 1. The molecule has 2 aromatic rings. The highest BCUT2D eigenvalue weighted by Crippen LogP contribution is 2.28. The maximum atomic E-state index is 13.1. The molecular formula is C23H26BrN3O4S. The first-order chi connectivity index (χ1) is 15.4. The van der Waals surface area contributed by atoms with Gasteiger partial charge in [0.15, 0.2) is 0 Å². The zero-order chi connectivity index (χ0) is 22.8. The number of thiophene rings is 1. The number of nitrogens with one attached hydrogen (secondary N) is 1. The minimum atomic E-state index is -0.253. The molecule has 7 nitrogen and oxygen atoms in total. The van der Waals surface area contributed by atoms with Crippen LogP contribution in [-0.2, 0) is 9.53 Å². The van der Waals surface area contributed by atoms with Gasteiger partial charge in [-0.25, -0.2) is 0 Å². The molecule has 0 radical (unpaired) electrons. The molecule has 4 rings (SSSR count). The lowest BCUT2D eigenvalue weighted by atomic mass is 10.1. The lowest BCUT2D eigenvalue weighted by Crippen LogP contribution is -2.38. The molecule has 9 heteroatoms. The molecule has 2 aliphatic heterocycles. The number of carbonyl (C=O) groups excluding carboxylic acids is 3. The molecule has 2 atom stereocenters. The highest BCUT2D eigenvalue weighted by Gasteiger charge is 2.33. The van der Waals surface area contributed by atoms with E-state index in [-0.39, 0.29) is 36.2 Å². The number of rotatable bonds is 6. The predicted octanol–water partition coefficient (Wildman–Crippen LogP) is 3.61. The Morgan fingerprint density at radius 2 is 2.09 bits per heavy atom. The van der Waals surface area contributed by atoms with Gasteiger partial charge in [0.25, 0.3) is 11.8 Å². The van der Waals surface area contributed by atoms with Gasteiger partial charge < -0.3 is 19.9 Å². The second-order valence-corrected chi connectivity index (χ2v) is 10.7.